The van der Waals surface area contributed by atoms with Crippen LogP contribution < -0.4 is 5.73 Å². The zero-order valence-electron chi connectivity index (χ0n) is 9.57. The zero-order valence-corrected chi connectivity index (χ0v) is 10.4. The Bertz CT molecular complexity index is 430. The maximum absolute atomic E-state index is 12.5. The number of hydrogen-bond acceptors (Lipinski definition) is 3. The van der Waals surface area contributed by atoms with E-state index in [1.807, 2.05) is 0 Å². The van der Waals surface area contributed by atoms with Gasteiger partial charge in [-0.05, 0) is 30.7 Å². The molecule has 1 fully saturated rings. The molecule has 2 unspecified atom stereocenters. The second-order valence-electron chi connectivity index (χ2n) is 4.34. The van der Waals surface area contributed by atoms with Gasteiger partial charge in [0.05, 0.1) is 11.7 Å². The molecule has 0 aromatic heterocycles. The lowest BCUT2D eigenvalue weighted by molar-refractivity contribution is -0.137. The molecule has 2 rings (SSSR count). The molecule has 1 saturated heterocycles. The fourth-order valence-electron chi connectivity index (χ4n) is 2.07. The van der Waals surface area contributed by atoms with Gasteiger partial charge in [0.25, 0.3) is 0 Å². The Morgan fingerprint density at radius 2 is 2.11 bits per heavy atom. The lowest BCUT2D eigenvalue weighted by Crippen LogP contribution is -2.15. The van der Waals surface area contributed by atoms with Gasteiger partial charge in [-0.15, -0.1) is 0 Å². The van der Waals surface area contributed by atoms with Crippen molar-refractivity contribution >= 4 is 17.4 Å². The van der Waals surface area contributed by atoms with Gasteiger partial charge in [-0.2, -0.15) is 24.9 Å². The number of benzene rings is 1. The first kappa shape index (κ1) is 13.5. The van der Waals surface area contributed by atoms with E-state index in [9.17, 15) is 18.3 Å². The first-order valence-electron chi connectivity index (χ1n) is 5.66. The number of nitrogens with two attached hydrogens (primary N) is 1. The molecule has 0 saturated carbocycles. The van der Waals surface area contributed by atoms with Crippen molar-refractivity contribution in [1.82, 2.24) is 0 Å². The minimum Gasteiger partial charge on any atom is -0.398 e. The SMILES string of the molecule is Nc1cc(C(F)(F)F)ccc1C(O)C1CCCS1. The lowest BCUT2D eigenvalue weighted by atomic mass is 10.00. The van der Waals surface area contributed by atoms with Crippen LogP contribution in [-0.4, -0.2) is 16.1 Å². The summed E-state index contributed by atoms with van der Waals surface area (Å²) in [5.41, 5.74) is 5.23. The van der Waals surface area contributed by atoms with Crippen LogP contribution in [0.1, 0.15) is 30.1 Å². The standard InChI is InChI=1S/C12H14F3NOS/c13-12(14,15)7-3-4-8(9(16)6-7)11(17)10-2-1-5-18-10/h3-4,6,10-11,17H,1-2,5,16H2. The third-order valence-electron chi connectivity index (χ3n) is 3.05. The number of nitrogen functional groups attached to an aromatic ring is 1. The highest BCUT2D eigenvalue weighted by atomic mass is 32.2. The van der Waals surface area contributed by atoms with Gasteiger partial charge < -0.3 is 10.8 Å². The Kier molecular flexibility index (Phi) is 3.77. The maximum atomic E-state index is 12.5. The normalized spacial score (nSPS) is 22.1. The number of aliphatic hydroxyl groups excluding tert-OH is 1. The van der Waals surface area contributed by atoms with Crippen LogP contribution in [0.25, 0.3) is 0 Å². The minimum absolute atomic E-state index is 0.00447. The average molecular weight is 277 g/mol. The van der Waals surface area contributed by atoms with E-state index in [0.717, 1.165) is 30.7 Å². The number of alkyl halides is 3. The number of aliphatic hydroxyl groups is 1. The molecular weight excluding hydrogens is 263 g/mol. The molecule has 6 heteroatoms. The van der Waals surface area contributed by atoms with Crippen molar-refractivity contribution in [3.63, 3.8) is 0 Å². The monoisotopic (exact) mass is 277 g/mol. The first-order valence-corrected chi connectivity index (χ1v) is 6.71. The predicted molar refractivity (Wildman–Crippen MR) is 66.3 cm³/mol. The van der Waals surface area contributed by atoms with Gasteiger partial charge in [-0.3, -0.25) is 0 Å². The summed E-state index contributed by atoms with van der Waals surface area (Å²) in [6.45, 7) is 0. The van der Waals surface area contributed by atoms with Crippen molar-refractivity contribution in [2.45, 2.75) is 30.4 Å². The quantitative estimate of drug-likeness (QED) is 0.816. The molecule has 0 bridgehead atoms. The molecule has 0 aliphatic carbocycles. The van der Waals surface area contributed by atoms with Crippen molar-refractivity contribution in [2.75, 3.05) is 11.5 Å². The van der Waals surface area contributed by atoms with Crippen LogP contribution in [0, 0.1) is 0 Å². The number of halogens is 3. The van der Waals surface area contributed by atoms with E-state index < -0.39 is 17.8 Å². The topological polar surface area (TPSA) is 46.2 Å². The van der Waals surface area contributed by atoms with Crippen LogP contribution in [-0.2, 0) is 6.18 Å². The molecule has 100 valence electrons. The molecule has 0 radical (unpaired) electrons. The number of rotatable bonds is 2. The van der Waals surface area contributed by atoms with Gasteiger partial charge in [0, 0.05) is 16.5 Å². The molecule has 0 spiro atoms. The van der Waals surface area contributed by atoms with E-state index in [1.165, 1.54) is 6.07 Å². The summed E-state index contributed by atoms with van der Waals surface area (Å²) in [6.07, 6.45) is -3.31. The van der Waals surface area contributed by atoms with Gasteiger partial charge in [0.1, 0.15) is 0 Å². The van der Waals surface area contributed by atoms with Gasteiger partial charge in [-0.1, -0.05) is 6.07 Å². The van der Waals surface area contributed by atoms with Crippen molar-refractivity contribution in [2.24, 2.45) is 0 Å². The van der Waals surface area contributed by atoms with Crippen LogP contribution in [0.15, 0.2) is 18.2 Å². The number of thioether (sulfide) groups is 1. The van der Waals surface area contributed by atoms with Crippen LogP contribution in [0.4, 0.5) is 18.9 Å². The molecule has 2 nitrogen and oxygen atoms in total. The summed E-state index contributed by atoms with van der Waals surface area (Å²) >= 11 is 1.64. The van der Waals surface area contributed by atoms with E-state index in [-0.39, 0.29) is 10.9 Å². The number of hydrogen-bond donors (Lipinski definition) is 2. The van der Waals surface area contributed by atoms with E-state index in [2.05, 4.69) is 0 Å². The molecule has 18 heavy (non-hydrogen) atoms. The Morgan fingerprint density at radius 1 is 1.39 bits per heavy atom. The van der Waals surface area contributed by atoms with Gasteiger partial charge in [-0.25, -0.2) is 0 Å². The highest BCUT2D eigenvalue weighted by Crippen LogP contribution is 2.39. The third kappa shape index (κ3) is 2.75. The summed E-state index contributed by atoms with van der Waals surface area (Å²) in [4.78, 5) is 0. The molecule has 1 aromatic rings. The third-order valence-corrected chi connectivity index (χ3v) is 4.50. The van der Waals surface area contributed by atoms with Crippen LogP contribution in [0.2, 0.25) is 0 Å². The Labute approximate surface area is 107 Å². The van der Waals surface area contributed by atoms with Crippen LogP contribution in [0.5, 0.6) is 0 Å². The Morgan fingerprint density at radius 3 is 2.61 bits per heavy atom. The van der Waals surface area contributed by atoms with Crippen LogP contribution >= 0.6 is 11.8 Å². The summed E-state index contributed by atoms with van der Waals surface area (Å²) in [6, 6.07) is 3.13. The minimum atomic E-state index is -4.40. The second-order valence-corrected chi connectivity index (χ2v) is 5.68. The van der Waals surface area contributed by atoms with Gasteiger partial charge >= 0.3 is 6.18 Å². The fraction of sp³-hybridized carbons (Fsp3) is 0.500. The number of anilines is 1. The molecule has 2 atom stereocenters. The first-order chi connectivity index (χ1) is 8.39. The zero-order chi connectivity index (χ0) is 13.3. The smallest absolute Gasteiger partial charge is 0.398 e. The molecule has 1 aliphatic rings. The lowest BCUT2D eigenvalue weighted by Gasteiger charge is -2.20. The van der Waals surface area contributed by atoms with Gasteiger partial charge in [0.2, 0.25) is 0 Å². The molecule has 0 amide bonds. The Balaban J connectivity index is 2.24. The molecular formula is C12H14F3NOS. The van der Waals surface area contributed by atoms with Gasteiger partial charge in [0.15, 0.2) is 0 Å². The maximum Gasteiger partial charge on any atom is 0.416 e. The second kappa shape index (κ2) is 5.01. The molecule has 1 heterocycles. The molecule has 1 aromatic carbocycles. The van der Waals surface area contributed by atoms with E-state index in [1.54, 1.807) is 11.8 Å². The largest absolute Gasteiger partial charge is 0.416 e. The fourth-order valence-corrected chi connectivity index (χ4v) is 3.37. The van der Waals surface area contributed by atoms with E-state index in [4.69, 9.17) is 5.73 Å². The van der Waals surface area contributed by atoms with E-state index >= 15 is 0 Å². The Hall–Kier alpha value is -0.880. The summed E-state index contributed by atoms with van der Waals surface area (Å²) in [5.74, 6) is 0.974. The van der Waals surface area contributed by atoms with Crippen molar-refractivity contribution in [3.8, 4) is 0 Å². The van der Waals surface area contributed by atoms with Crippen LogP contribution in [0.3, 0.4) is 0 Å². The summed E-state index contributed by atoms with van der Waals surface area (Å²) in [7, 11) is 0. The van der Waals surface area contributed by atoms with Crippen molar-refractivity contribution in [3.05, 3.63) is 29.3 Å². The molecule has 3 N–H and O–H groups in total. The van der Waals surface area contributed by atoms with Crippen molar-refractivity contribution in [1.29, 1.82) is 0 Å². The van der Waals surface area contributed by atoms with Crippen molar-refractivity contribution < 1.29 is 18.3 Å². The molecule has 1 aliphatic heterocycles. The highest BCUT2D eigenvalue weighted by molar-refractivity contribution is 8.00. The van der Waals surface area contributed by atoms with E-state index in [0.29, 0.717) is 5.56 Å². The average Bonchev–Trinajstić information content (AvgIpc) is 2.80. The summed E-state index contributed by atoms with van der Waals surface area (Å²) in [5, 5.41) is 10.1. The predicted octanol–water partition coefficient (Wildman–Crippen LogP) is 3.22. The summed E-state index contributed by atoms with van der Waals surface area (Å²) < 4.78 is 37.4. The highest BCUT2D eigenvalue weighted by Gasteiger charge is 2.32.